The standard InChI is InChI=1S/C10H9ClN2.C2H6/c11-9-6-7-12-10(13-9)8-4-2-1-3-5-8;1-2/h1-7,10,13H;1-2H3. The lowest BCUT2D eigenvalue weighted by Crippen LogP contribution is -2.19. The van der Waals surface area contributed by atoms with Gasteiger partial charge >= 0.3 is 0 Å². The number of allylic oxidation sites excluding steroid dienone is 1. The Kier molecular flexibility index (Phi) is 4.91. The van der Waals surface area contributed by atoms with Gasteiger partial charge in [-0.05, 0) is 11.6 Å². The predicted octanol–water partition coefficient (Wildman–Crippen LogP) is 3.47. The van der Waals surface area contributed by atoms with Crippen LogP contribution in [0, 0.1) is 0 Å². The first-order chi connectivity index (χ1) is 7.36. The second-order valence-corrected chi connectivity index (χ2v) is 3.18. The van der Waals surface area contributed by atoms with Gasteiger partial charge in [0.15, 0.2) is 0 Å². The number of rotatable bonds is 1. The van der Waals surface area contributed by atoms with Crippen molar-refractivity contribution in [2.45, 2.75) is 20.0 Å². The summed E-state index contributed by atoms with van der Waals surface area (Å²) < 4.78 is 0. The summed E-state index contributed by atoms with van der Waals surface area (Å²) in [5, 5.41) is 3.69. The fourth-order valence-electron chi connectivity index (χ4n) is 1.22. The third-order valence-electron chi connectivity index (χ3n) is 1.85. The van der Waals surface area contributed by atoms with Crippen molar-refractivity contribution in [2.24, 2.45) is 4.99 Å². The van der Waals surface area contributed by atoms with Crippen molar-refractivity contribution >= 4 is 17.8 Å². The zero-order chi connectivity index (χ0) is 11.1. The molecule has 0 spiro atoms. The Morgan fingerprint density at radius 1 is 1.20 bits per heavy atom. The maximum Gasteiger partial charge on any atom is 0.145 e. The molecule has 1 atom stereocenters. The predicted molar refractivity (Wildman–Crippen MR) is 66.1 cm³/mol. The summed E-state index contributed by atoms with van der Waals surface area (Å²) in [6.45, 7) is 4.00. The highest BCUT2D eigenvalue weighted by atomic mass is 35.5. The topological polar surface area (TPSA) is 24.4 Å². The number of hydrogen-bond acceptors (Lipinski definition) is 2. The van der Waals surface area contributed by atoms with Gasteiger partial charge in [0.1, 0.15) is 11.3 Å². The molecule has 2 rings (SSSR count). The Balaban J connectivity index is 0.000000531. The largest absolute Gasteiger partial charge is 0.351 e. The fourth-order valence-corrected chi connectivity index (χ4v) is 1.37. The Morgan fingerprint density at radius 2 is 1.87 bits per heavy atom. The van der Waals surface area contributed by atoms with Crippen LogP contribution in [-0.4, -0.2) is 6.21 Å². The summed E-state index contributed by atoms with van der Waals surface area (Å²) in [6.07, 6.45) is 3.41. The maximum absolute atomic E-state index is 5.82. The molecular formula is C12H15ClN2. The van der Waals surface area contributed by atoms with Gasteiger partial charge in [-0.3, -0.25) is 4.99 Å². The molecule has 0 bridgehead atoms. The van der Waals surface area contributed by atoms with Gasteiger partial charge in [0.05, 0.1) is 0 Å². The molecular weight excluding hydrogens is 208 g/mol. The molecule has 0 aliphatic carbocycles. The normalized spacial score (nSPS) is 18.3. The molecule has 0 amide bonds. The smallest absolute Gasteiger partial charge is 0.145 e. The van der Waals surface area contributed by atoms with Crippen LogP contribution in [0.25, 0.3) is 0 Å². The maximum atomic E-state index is 5.82. The van der Waals surface area contributed by atoms with E-state index in [1.54, 1.807) is 12.3 Å². The number of aliphatic imine (C=N–C) groups is 1. The molecule has 1 aliphatic heterocycles. The van der Waals surface area contributed by atoms with Crippen LogP contribution < -0.4 is 5.32 Å². The van der Waals surface area contributed by atoms with Crippen molar-refractivity contribution in [2.75, 3.05) is 0 Å². The molecule has 1 aliphatic rings. The Hall–Kier alpha value is -1.28. The zero-order valence-corrected chi connectivity index (χ0v) is 9.70. The quantitative estimate of drug-likeness (QED) is 0.723. The molecule has 0 saturated heterocycles. The fraction of sp³-hybridized carbons (Fsp3) is 0.250. The van der Waals surface area contributed by atoms with E-state index in [1.807, 2.05) is 44.2 Å². The van der Waals surface area contributed by atoms with Crippen molar-refractivity contribution in [3.63, 3.8) is 0 Å². The molecule has 0 saturated carbocycles. The molecule has 80 valence electrons. The van der Waals surface area contributed by atoms with Crippen LogP contribution in [0.15, 0.2) is 46.6 Å². The Bertz CT molecular complexity index is 344. The van der Waals surface area contributed by atoms with E-state index in [1.165, 1.54) is 0 Å². The van der Waals surface area contributed by atoms with Gasteiger partial charge < -0.3 is 5.32 Å². The minimum atomic E-state index is -0.0429. The van der Waals surface area contributed by atoms with Crippen LogP contribution in [0.5, 0.6) is 0 Å². The lowest BCUT2D eigenvalue weighted by molar-refractivity contribution is 0.644. The van der Waals surface area contributed by atoms with Crippen molar-refractivity contribution in [3.8, 4) is 0 Å². The van der Waals surface area contributed by atoms with Crippen molar-refractivity contribution in [3.05, 3.63) is 47.1 Å². The summed E-state index contributed by atoms with van der Waals surface area (Å²) in [4.78, 5) is 4.25. The lowest BCUT2D eigenvalue weighted by atomic mass is 10.2. The Morgan fingerprint density at radius 3 is 2.47 bits per heavy atom. The highest BCUT2D eigenvalue weighted by Gasteiger charge is 2.10. The van der Waals surface area contributed by atoms with Crippen LogP contribution in [0.2, 0.25) is 0 Å². The van der Waals surface area contributed by atoms with Gasteiger partial charge in [-0.1, -0.05) is 55.8 Å². The average molecular weight is 223 g/mol. The van der Waals surface area contributed by atoms with Gasteiger partial charge in [-0.15, -0.1) is 0 Å². The third-order valence-corrected chi connectivity index (χ3v) is 2.08. The summed E-state index contributed by atoms with van der Waals surface area (Å²) in [7, 11) is 0. The van der Waals surface area contributed by atoms with E-state index in [4.69, 9.17) is 11.6 Å². The van der Waals surface area contributed by atoms with Gasteiger partial charge in [-0.25, -0.2) is 0 Å². The zero-order valence-electron chi connectivity index (χ0n) is 8.94. The molecule has 1 unspecified atom stereocenters. The molecule has 3 heteroatoms. The van der Waals surface area contributed by atoms with Crippen molar-refractivity contribution in [1.29, 1.82) is 0 Å². The molecule has 1 aromatic rings. The number of hydrogen-bond donors (Lipinski definition) is 1. The van der Waals surface area contributed by atoms with E-state index < -0.39 is 0 Å². The highest BCUT2D eigenvalue weighted by molar-refractivity contribution is 6.30. The van der Waals surface area contributed by atoms with E-state index >= 15 is 0 Å². The van der Waals surface area contributed by atoms with E-state index in [-0.39, 0.29) is 6.17 Å². The second-order valence-electron chi connectivity index (χ2n) is 2.77. The average Bonchev–Trinajstić information content (AvgIpc) is 2.33. The highest BCUT2D eigenvalue weighted by Crippen LogP contribution is 2.18. The SMILES string of the molecule is CC.ClC1=CC=NC(c2ccccc2)N1. The van der Waals surface area contributed by atoms with Crippen molar-refractivity contribution in [1.82, 2.24) is 5.32 Å². The molecule has 2 nitrogen and oxygen atoms in total. The first-order valence-electron chi connectivity index (χ1n) is 5.07. The molecule has 0 radical (unpaired) electrons. The van der Waals surface area contributed by atoms with Crippen molar-refractivity contribution < 1.29 is 0 Å². The monoisotopic (exact) mass is 222 g/mol. The summed E-state index contributed by atoms with van der Waals surface area (Å²) in [6, 6.07) is 9.99. The molecule has 0 fully saturated rings. The second kappa shape index (κ2) is 6.25. The van der Waals surface area contributed by atoms with Crippen LogP contribution in [-0.2, 0) is 0 Å². The van der Waals surface area contributed by atoms with Gasteiger partial charge in [0, 0.05) is 6.21 Å². The van der Waals surface area contributed by atoms with E-state index in [2.05, 4.69) is 10.3 Å². The van der Waals surface area contributed by atoms with Gasteiger partial charge in [0.2, 0.25) is 0 Å². The van der Waals surface area contributed by atoms with E-state index in [0.717, 1.165) is 5.56 Å². The van der Waals surface area contributed by atoms with E-state index in [9.17, 15) is 0 Å². The van der Waals surface area contributed by atoms with E-state index in [0.29, 0.717) is 5.16 Å². The van der Waals surface area contributed by atoms with Crippen LogP contribution in [0.3, 0.4) is 0 Å². The third kappa shape index (κ3) is 3.40. The first kappa shape index (κ1) is 11.8. The first-order valence-corrected chi connectivity index (χ1v) is 5.44. The van der Waals surface area contributed by atoms with Crippen LogP contribution in [0.4, 0.5) is 0 Å². The molecule has 1 N–H and O–H groups in total. The number of benzene rings is 1. The van der Waals surface area contributed by atoms with Crippen LogP contribution >= 0.6 is 11.6 Å². The Labute approximate surface area is 95.7 Å². The minimum Gasteiger partial charge on any atom is -0.351 e. The molecule has 15 heavy (non-hydrogen) atoms. The number of halogens is 1. The number of nitrogens with one attached hydrogen (secondary N) is 1. The summed E-state index contributed by atoms with van der Waals surface area (Å²) >= 11 is 5.82. The molecule has 1 aromatic carbocycles. The lowest BCUT2D eigenvalue weighted by Gasteiger charge is -2.17. The van der Waals surface area contributed by atoms with Gasteiger partial charge in [-0.2, -0.15) is 0 Å². The molecule has 1 heterocycles. The summed E-state index contributed by atoms with van der Waals surface area (Å²) in [5.41, 5.74) is 1.12. The van der Waals surface area contributed by atoms with Crippen LogP contribution in [0.1, 0.15) is 25.6 Å². The molecule has 0 aromatic heterocycles. The summed E-state index contributed by atoms with van der Waals surface area (Å²) in [5.74, 6) is 0. The minimum absolute atomic E-state index is 0.0429. The van der Waals surface area contributed by atoms with Gasteiger partial charge in [0.25, 0.3) is 0 Å². The number of nitrogens with zero attached hydrogens (tertiary/aromatic N) is 1.